The highest BCUT2D eigenvalue weighted by Gasteiger charge is 2.11. The third kappa shape index (κ3) is 2.71. The number of benzene rings is 1. The zero-order valence-corrected chi connectivity index (χ0v) is 8.59. The van der Waals surface area contributed by atoms with Crippen LogP contribution in [0, 0.1) is 0 Å². The molecule has 1 N–H and O–H groups in total. The van der Waals surface area contributed by atoms with Crippen LogP contribution in [0.2, 0.25) is 5.02 Å². The van der Waals surface area contributed by atoms with Gasteiger partial charge in [0.1, 0.15) is 0 Å². The average Bonchev–Trinajstić information content (AvgIpc) is 2.16. The summed E-state index contributed by atoms with van der Waals surface area (Å²) < 4.78 is 0. The molecular formula is C11H15ClO. The van der Waals surface area contributed by atoms with E-state index in [9.17, 15) is 5.11 Å². The van der Waals surface area contributed by atoms with Gasteiger partial charge in [0, 0.05) is 17.5 Å². The van der Waals surface area contributed by atoms with E-state index in [1.54, 1.807) is 0 Å². The van der Waals surface area contributed by atoms with E-state index in [0.29, 0.717) is 0 Å². The Hall–Kier alpha value is -0.530. The minimum Gasteiger partial charge on any atom is -0.396 e. The summed E-state index contributed by atoms with van der Waals surface area (Å²) >= 11 is 6.02. The van der Waals surface area contributed by atoms with Gasteiger partial charge < -0.3 is 5.11 Å². The molecule has 1 atom stereocenters. The molecule has 0 aliphatic heterocycles. The van der Waals surface area contributed by atoms with Gasteiger partial charge in [-0.1, -0.05) is 43.1 Å². The highest BCUT2D eigenvalue weighted by Crippen LogP contribution is 2.27. The Labute approximate surface area is 84.4 Å². The highest BCUT2D eigenvalue weighted by atomic mass is 35.5. The van der Waals surface area contributed by atoms with Crippen molar-refractivity contribution < 1.29 is 5.11 Å². The zero-order chi connectivity index (χ0) is 9.68. The van der Waals surface area contributed by atoms with Gasteiger partial charge in [0.15, 0.2) is 0 Å². The molecule has 0 heterocycles. The van der Waals surface area contributed by atoms with E-state index < -0.39 is 0 Å². The Balaban J connectivity index is 2.84. The Morgan fingerprint density at radius 1 is 1.38 bits per heavy atom. The van der Waals surface area contributed by atoms with Crippen molar-refractivity contribution in [1.29, 1.82) is 0 Å². The third-order valence-corrected chi connectivity index (χ3v) is 2.55. The van der Waals surface area contributed by atoms with Crippen molar-refractivity contribution in [3.63, 3.8) is 0 Å². The first kappa shape index (κ1) is 10.6. The number of rotatable bonds is 4. The largest absolute Gasteiger partial charge is 0.396 e. The average molecular weight is 199 g/mol. The van der Waals surface area contributed by atoms with Gasteiger partial charge in [0.05, 0.1) is 0 Å². The van der Waals surface area contributed by atoms with Crippen molar-refractivity contribution in [2.75, 3.05) is 6.61 Å². The van der Waals surface area contributed by atoms with Crippen molar-refractivity contribution in [1.82, 2.24) is 0 Å². The molecule has 1 rings (SSSR count). The second-order valence-electron chi connectivity index (χ2n) is 3.19. The van der Waals surface area contributed by atoms with Crippen LogP contribution >= 0.6 is 11.6 Å². The van der Waals surface area contributed by atoms with E-state index in [1.807, 2.05) is 24.3 Å². The van der Waals surface area contributed by atoms with E-state index in [0.717, 1.165) is 23.4 Å². The number of aliphatic hydroxyl groups is 1. The Morgan fingerprint density at radius 2 is 2.08 bits per heavy atom. The van der Waals surface area contributed by atoms with Gasteiger partial charge >= 0.3 is 0 Å². The van der Waals surface area contributed by atoms with Gasteiger partial charge in [-0.3, -0.25) is 0 Å². The van der Waals surface area contributed by atoms with Crippen molar-refractivity contribution in [3.05, 3.63) is 34.9 Å². The molecule has 0 spiro atoms. The van der Waals surface area contributed by atoms with Crippen LogP contribution in [0.25, 0.3) is 0 Å². The lowest BCUT2D eigenvalue weighted by molar-refractivity contribution is 0.258. The lowest BCUT2D eigenvalue weighted by atomic mass is 9.95. The van der Waals surface area contributed by atoms with Crippen molar-refractivity contribution in [3.8, 4) is 0 Å². The molecule has 1 aromatic rings. The minimum absolute atomic E-state index is 0.178. The SMILES string of the molecule is CCCC(CO)c1ccccc1Cl. The van der Waals surface area contributed by atoms with E-state index in [1.165, 1.54) is 0 Å². The Morgan fingerprint density at radius 3 is 2.62 bits per heavy atom. The third-order valence-electron chi connectivity index (χ3n) is 2.20. The minimum atomic E-state index is 0.178. The normalized spacial score (nSPS) is 12.8. The lowest BCUT2D eigenvalue weighted by Crippen LogP contribution is -2.04. The van der Waals surface area contributed by atoms with Crippen LogP contribution in [0.5, 0.6) is 0 Å². The molecule has 0 bridgehead atoms. The summed E-state index contributed by atoms with van der Waals surface area (Å²) in [6.45, 7) is 2.29. The highest BCUT2D eigenvalue weighted by molar-refractivity contribution is 6.31. The molecule has 1 aromatic carbocycles. The lowest BCUT2D eigenvalue weighted by Gasteiger charge is -2.14. The molecule has 1 nitrogen and oxygen atoms in total. The second-order valence-corrected chi connectivity index (χ2v) is 3.60. The van der Waals surface area contributed by atoms with Gasteiger partial charge in [-0.2, -0.15) is 0 Å². The first-order valence-electron chi connectivity index (χ1n) is 4.64. The monoisotopic (exact) mass is 198 g/mol. The predicted octanol–water partition coefficient (Wildman–Crippen LogP) is 3.22. The fraction of sp³-hybridized carbons (Fsp3) is 0.455. The maximum atomic E-state index is 9.18. The van der Waals surface area contributed by atoms with Crippen molar-refractivity contribution >= 4 is 11.6 Å². The summed E-state index contributed by atoms with van der Waals surface area (Å²) in [5.41, 5.74) is 1.06. The van der Waals surface area contributed by atoms with Gasteiger partial charge in [0.2, 0.25) is 0 Å². The molecular weight excluding hydrogens is 184 g/mol. The first-order chi connectivity index (χ1) is 6.29. The van der Waals surface area contributed by atoms with Gasteiger partial charge in [0.25, 0.3) is 0 Å². The van der Waals surface area contributed by atoms with Crippen LogP contribution < -0.4 is 0 Å². The van der Waals surface area contributed by atoms with Crippen LogP contribution in [-0.4, -0.2) is 11.7 Å². The molecule has 0 fully saturated rings. The molecule has 0 saturated heterocycles. The van der Waals surface area contributed by atoms with E-state index in [2.05, 4.69) is 6.92 Å². The van der Waals surface area contributed by atoms with Crippen LogP contribution in [0.4, 0.5) is 0 Å². The van der Waals surface area contributed by atoms with Crippen LogP contribution in [0.1, 0.15) is 31.2 Å². The van der Waals surface area contributed by atoms with E-state index in [4.69, 9.17) is 11.6 Å². The summed E-state index contributed by atoms with van der Waals surface area (Å²) in [4.78, 5) is 0. The summed E-state index contributed by atoms with van der Waals surface area (Å²) in [7, 11) is 0. The number of aliphatic hydroxyl groups excluding tert-OH is 1. The molecule has 1 unspecified atom stereocenters. The number of hydrogen-bond acceptors (Lipinski definition) is 1. The van der Waals surface area contributed by atoms with Crippen molar-refractivity contribution in [2.45, 2.75) is 25.7 Å². The molecule has 0 radical (unpaired) electrons. The number of halogens is 1. The molecule has 72 valence electrons. The fourth-order valence-electron chi connectivity index (χ4n) is 1.50. The summed E-state index contributed by atoms with van der Waals surface area (Å²) in [6.07, 6.45) is 2.05. The molecule has 0 aromatic heterocycles. The summed E-state index contributed by atoms with van der Waals surface area (Å²) in [6, 6.07) is 7.72. The van der Waals surface area contributed by atoms with Crippen LogP contribution in [-0.2, 0) is 0 Å². The molecule has 0 amide bonds. The maximum absolute atomic E-state index is 9.18. The van der Waals surface area contributed by atoms with Crippen molar-refractivity contribution in [2.24, 2.45) is 0 Å². The molecule has 0 aliphatic rings. The fourth-order valence-corrected chi connectivity index (χ4v) is 1.79. The van der Waals surface area contributed by atoms with Gasteiger partial charge in [-0.05, 0) is 18.1 Å². The molecule has 0 saturated carbocycles. The van der Waals surface area contributed by atoms with E-state index >= 15 is 0 Å². The van der Waals surface area contributed by atoms with Crippen LogP contribution in [0.15, 0.2) is 24.3 Å². The van der Waals surface area contributed by atoms with E-state index in [-0.39, 0.29) is 12.5 Å². The second kappa shape index (κ2) is 5.25. The maximum Gasteiger partial charge on any atom is 0.0500 e. The first-order valence-corrected chi connectivity index (χ1v) is 5.02. The quantitative estimate of drug-likeness (QED) is 0.788. The van der Waals surface area contributed by atoms with Crippen LogP contribution in [0.3, 0.4) is 0 Å². The summed E-state index contributed by atoms with van der Waals surface area (Å²) in [5, 5.41) is 9.94. The van der Waals surface area contributed by atoms with Gasteiger partial charge in [-0.15, -0.1) is 0 Å². The van der Waals surface area contributed by atoms with Gasteiger partial charge in [-0.25, -0.2) is 0 Å². The Kier molecular flexibility index (Phi) is 4.26. The molecule has 2 heteroatoms. The smallest absolute Gasteiger partial charge is 0.0500 e. The number of hydrogen-bond donors (Lipinski definition) is 1. The zero-order valence-electron chi connectivity index (χ0n) is 7.83. The summed E-state index contributed by atoms with van der Waals surface area (Å²) in [5.74, 6) is 0.193. The molecule has 0 aliphatic carbocycles. The predicted molar refractivity (Wildman–Crippen MR) is 56.2 cm³/mol. The topological polar surface area (TPSA) is 20.2 Å². The standard InChI is InChI=1S/C11H15ClO/c1-2-5-9(8-13)10-6-3-4-7-11(10)12/h3-4,6-7,9,13H,2,5,8H2,1H3. The Bertz CT molecular complexity index is 260. The molecule has 13 heavy (non-hydrogen) atoms.